The van der Waals surface area contributed by atoms with Crippen LogP contribution in [0.25, 0.3) is 0 Å². The van der Waals surface area contributed by atoms with Crippen LogP contribution in [-0.4, -0.2) is 31.6 Å². The van der Waals surface area contributed by atoms with Crippen molar-refractivity contribution in [2.45, 2.75) is 27.3 Å². The molecule has 0 bridgehead atoms. The summed E-state index contributed by atoms with van der Waals surface area (Å²) >= 11 is 1.77. The zero-order valence-corrected chi connectivity index (χ0v) is 11.7. The van der Waals surface area contributed by atoms with E-state index in [1.807, 2.05) is 0 Å². The fraction of sp³-hybridized carbons (Fsp3) is 0.692. The van der Waals surface area contributed by atoms with Crippen LogP contribution in [0.5, 0.6) is 0 Å². The van der Waals surface area contributed by atoms with Gasteiger partial charge in [0.25, 0.3) is 0 Å². The smallest absolute Gasteiger partial charge is 0.0239 e. The Morgan fingerprint density at radius 2 is 2.19 bits per heavy atom. The predicted molar refractivity (Wildman–Crippen MR) is 73.0 cm³/mol. The number of rotatable bonds is 7. The SMILES string of the molecule is CCNCC(C)(C)CN(C)Cc1ccsc1. The van der Waals surface area contributed by atoms with Crippen molar-refractivity contribution < 1.29 is 0 Å². The Labute approximate surface area is 104 Å². The molecule has 1 aromatic rings. The van der Waals surface area contributed by atoms with E-state index in [1.54, 1.807) is 11.3 Å². The molecule has 1 aromatic heterocycles. The fourth-order valence-electron chi connectivity index (χ4n) is 2.00. The fourth-order valence-corrected chi connectivity index (χ4v) is 2.66. The summed E-state index contributed by atoms with van der Waals surface area (Å²) in [4.78, 5) is 2.40. The van der Waals surface area contributed by atoms with Gasteiger partial charge in [-0.15, -0.1) is 0 Å². The molecule has 1 N–H and O–H groups in total. The molecule has 1 rings (SSSR count). The van der Waals surface area contributed by atoms with Gasteiger partial charge in [-0.2, -0.15) is 11.3 Å². The molecule has 0 radical (unpaired) electrons. The van der Waals surface area contributed by atoms with E-state index >= 15 is 0 Å². The molecule has 2 nitrogen and oxygen atoms in total. The van der Waals surface area contributed by atoms with Crippen LogP contribution in [0.3, 0.4) is 0 Å². The molecule has 0 aliphatic heterocycles. The Bertz CT molecular complexity index is 280. The summed E-state index contributed by atoms with van der Waals surface area (Å²) in [5.41, 5.74) is 1.76. The summed E-state index contributed by atoms with van der Waals surface area (Å²) in [6, 6.07) is 2.21. The van der Waals surface area contributed by atoms with Crippen molar-refractivity contribution >= 4 is 11.3 Å². The Morgan fingerprint density at radius 1 is 1.44 bits per heavy atom. The van der Waals surface area contributed by atoms with Crippen LogP contribution in [0.15, 0.2) is 16.8 Å². The van der Waals surface area contributed by atoms with E-state index in [0.29, 0.717) is 5.41 Å². The monoisotopic (exact) mass is 240 g/mol. The molecular weight excluding hydrogens is 216 g/mol. The van der Waals surface area contributed by atoms with Crippen molar-refractivity contribution in [2.75, 3.05) is 26.7 Å². The molecule has 3 heteroatoms. The summed E-state index contributed by atoms with van der Waals surface area (Å²) in [6.45, 7) is 11.1. The van der Waals surface area contributed by atoms with Gasteiger partial charge in [-0.05, 0) is 41.4 Å². The highest BCUT2D eigenvalue weighted by molar-refractivity contribution is 7.07. The molecule has 0 saturated heterocycles. The molecular formula is C13H24N2S. The van der Waals surface area contributed by atoms with Crippen LogP contribution < -0.4 is 5.32 Å². The van der Waals surface area contributed by atoms with Gasteiger partial charge in [0.1, 0.15) is 0 Å². The first-order chi connectivity index (χ1) is 7.53. The lowest BCUT2D eigenvalue weighted by Gasteiger charge is -2.30. The molecule has 1 heterocycles. The summed E-state index contributed by atoms with van der Waals surface area (Å²) < 4.78 is 0. The third kappa shape index (κ3) is 5.10. The summed E-state index contributed by atoms with van der Waals surface area (Å²) in [5, 5.41) is 7.80. The largest absolute Gasteiger partial charge is 0.316 e. The summed E-state index contributed by atoms with van der Waals surface area (Å²) in [5.74, 6) is 0. The van der Waals surface area contributed by atoms with Gasteiger partial charge < -0.3 is 10.2 Å². The molecule has 0 atom stereocenters. The van der Waals surface area contributed by atoms with Crippen LogP contribution in [0.4, 0.5) is 0 Å². The molecule has 0 amide bonds. The molecule has 0 fully saturated rings. The van der Waals surface area contributed by atoms with E-state index in [4.69, 9.17) is 0 Å². The number of nitrogens with zero attached hydrogens (tertiary/aromatic N) is 1. The Balaban J connectivity index is 2.35. The topological polar surface area (TPSA) is 15.3 Å². The van der Waals surface area contributed by atoms with Crippen molar-refractivity contribution in [3.05, 3.63) is 22.4 Å². The van der Waals surface area contributed by atoms with Gasteiger partial charge in [-0.1, -0.05) is 20.8 Å². The molecule has 92 valence electrons. The summed E-state index contributed by atoms with van der Waals surface area (Å²) in [6.07, 6.45) is 0. The first-order valence-electron chi connectivity index (χ1n) is 5.94. The highest BCUT2D eigenvalue weighted by atomic mass is 32.1. The normalized spacial score (nSPS) is 12.3. The van der Waals surface area contributed by atoms with E-state index in [9.17, 15) is 0 Å². The zero-order valence-electron chi connectivity index (χ0n) is 10.9. The highest BCUT2D eigenvalue weighted by Crippen LogP contribution is 2.17. The van der Waals surface area contributed by atoms with Gasteiger partial charge in [0.15, 0.2) is 0 Å². The lowest BCUT2D eigenvalue weighted by molar-refractivity contribution is 0.199. The number of thiophene rings is 1. The average Bonchev–Trinajstić information content (AvgIpc) is 2.66. The third-order valence-electron chi connectivity index (χ3n) is 2.58. The van der Waals surface area contributed by atoms with Crippen LogP contribution in [0, 0.1) is 5.41 Å². The van der Waals surface area contributed by atoms with E-state index in [-0.39, 0.29) is 0 Å². The molecule has 0 unspecified atom stereocenters. The van der Waals surface area contributed by atoms with E-state index in [0.717, 1.165) is 26.2 Å². The van der Waals surface area contributed by atoms with Crippen molar-refractivity contribution in [1.82, 2.24) is 10.2 Å². The quantitative estimate of drug-likeness (QED) is 0.788. The van der Waals surface area contributed by atoms with Crippen molar-refractivity contribution in [1.29, 1.82) is 0 Å². The molecule has 0 aromatic carbocycles. The maximum atomic E-state index is 3.43. The lowest BCUT2D eigenvalue weighted by Crippen LogP contribution is -2.38. The molecule has 0 saturated carbocycles. The van der Waals surface area contributed by atoms with E-state index < -0.39 is 0 Å². The van der Waals surface area contributed by atoms with Gasteiger partial charge >= 0.3 is 0 Å². The van der Waals surface area contributed by atoms with Gasteiger partial charge in [0.2, 0.25) is 0 Å². The first-order valence-corrected chi connectivity index (χ1v) is 6.88. The standard InChI is InChI=1S/C13H24N2S/c1-5-14-10-13(2,3)11-15(4)8-12-6-7-16-9-12/h6-7,9,14H,5,8,10-11H2,1-4H3. The molecule has 16 heavy (non-hydrogen) atoms. The van der Waals surface area contributed by atoms with Gasteiger partial charge in [0, 0.05) is 19.6 Å². The Kier molecular flexibility index (Phi) is 5.46. The van der Waals surface area contributed by atoms with Gasteiger partial charge in [-0.3, -0.25) is 0 Å². The molecule has 0 aliphatic rings. The predicted octanol–water partition coefficient (Wildman–Crippen LogP) is 2.82. The zero-order chi connectivity index (χ0) is 12.0. The lowest BCUT2D eigenvalue weighted by atomic mass is 9.92. The first kappa shape index (κ1) is 13.7. The van der Waals surface area contributed by atoms with Gasteiger partial charge in [-0.25, -0.2) is 0 Å². The number of nitrogens with one attached hydrogen (secondary N) is 1. The molecule has 0 spiro atoms. The van der Waals surface area contributed by atoms with Crippen molar-refractivity contribution in [2.24, 2.45) is 5.41 Å². The average molecular weight is 240 g/mol. The second-order valence-electron chi connectivity index (χ2n) is 5.25. The van der Waals surface area contributed by atoms with Crippen LogP contribution in [0.1, 0.15) is 26.3 Å². The second-order valence-corrected chi connectivity index (χ2v) is 6.03. The number of hydrogen-bond acceptors (Lipinski definition) is 3. The van der Waals surface area contributed by atoms with Crippen LogP contribution in [-0.2, 0) is 6.54 Å². The third-order valence-corrected chi connectivity index (χ3v) is 3.32. The van der Waals surface area contributed by atoms with Crippen molar-refractivity contribution in [3.8, 4) is 0 Å². The maximum absolute atomic E-state index is 3.43. The van der Waals surface area contributed by atoms with Crippen molar-refractivity contribution in [3.63, 3.8) is 0 Å². The van der Waals surface area contributed by atoms with E-state index in [2.05, 4.69) is 54.9 Å². The Morgan fingerprint density at radius 3 is 2.75 bits per heavy atom. The maximum Gasteiger partial charge on any atom is 0.0239 e. The minimum absolute atomic E-state index is 0.334. The summed E-state index contributed by atoms with van der Waals surface area (Å²) in [7, 11) is 2.20. The van der Waals surface area contributed by atoms with Crippen LogP contribution in [0.2, 0.25) is 0 Å². The minimum Gasteiger partial charge on any atom is -0.316 e. The Hall–Kier alpha value is -0.380. The minimum atomic E-state index is 0.334. The highest BCUT2D eigenvalue weighted by Gasteiger charge is 2.19. The van der Waals surface area contributed by atoms with Crippen LogP contribution >= 0.6 is 11.3 Å². The molecule has 0 aliphatic carbocycles. The van der Waals surface area contributed by atoms with E-state index in [1.165, 1.54) is 5.56 Å². The number of hydrogen-bond donors (Lipinski definition) is 1. The van der Waals surface area contributed by atoms with Gasteiger partial charge in [0.05, 0.1) is 0 Å². The second kappa shape index (κ2) is 6.38.